The van der Waals surface area contributed by atoms with Crippen LogP contribution in [0.1, 0.15) is 135 Å². The van der Waals surface area contributed by atoms with E-state index in [0.717, 1.165) is 36.1 Å². The van der Waals surface area contributed by atoms with Crippen molar-refractivity contribution in [3.8, 4) is 11.5 Å². The number of anilines is 2. The maximum absolute atomic E-state index is 14.5. The fraction of sp³-hybridized carbons (Fsp3) is 0.463. The van der Waals surface area contributed by atoms with Crippen LogP contribution in [-0.4, -0.2) is 36.0 Å². The Morgan fingerprint density at radius 2 is 0.891 bits per heavy atom. The van der Waals surface area contributed by atoms with Gasteiger partial charge in [0.1, 0.15) is 0 Å². The van der Waals surface area contributed by atoms with Gasteiger partial charge in [-0.25, -0.2) is 0 Å². The maximum atomic E-state index is 14.5. The Morgan fingerprint density at radius 3 is 1.15 bits per heavy atom. The predicted octanol–water partition coefficient (Wildman–Crippen LogP) is 10.6. The van der Waals surface area contributed by atoms with Crippen LogP contribution in [0.15, 0.2) is 48.5 Å². The molecule has 10 nitrogen and oxygen atoms in total. The van der Waals surface area contributed by atoms with E-state index in [9.17, 15) is 32.3 Å². The van der Waals surface area contributed by atoms with E-state index in [1.165, 1.54) is 13.8 Å². The average molecular weight is 885 g/mol. The van der Waals surface area contributed by atoms with Crippen LogP contribution < -0.4 is 20.1 Å². The van der Waals surface area contributed by atoms with Crippen molar-refractivity contribution in [3.63, 3.8) is 0 Å². The summed E-state index contributed by atoms with van der Waals surface area (Å²) in [6.45, 7) is 20.5. The Hall–Kier alpha value is -4.34. The second-order valence-electron chi connectivity index (χ2n) is 14.4. The summed E-state index contributed by atoms with van der Waals surface area (Å²) in [7, 11) is 0. The molecule has 0 spiro atoms. The van der Waals surface area contributed by atoms with Crippen LogP contribution in [-0.2, 0) is 31.5 Å². The number of alkyl halides is 3. The van der Waals surface area contributed by atoms with Crippen molar-refractivity contribution in [1.29, 1.82) is 0 Å². The number of rotatable bonds is 15. The van der Waals surface area contributed by atoms with Crippen LogP contribution >= 0.6 is 20.6 Å². The third-order valence-corrected chi connectivity index (χ3v) is 12.4. The second-order valence-corrected chi connectivity index (χ2v) is 17.6. The molecule has 3 aromatic carbocycles. The average Bonchev–Trinajstić information content (AvgIpc) is 3.06. The van der Waals surface area contributed by atoms with Gasteiger partial charge in [0.2, 0.25) is 0 Å². The van der Waals surface area contributed by atoms with Gasteiger partial charge in [-0.3, -0.25) is 0 Å². The quantitative estimate of drug-likeness (QED) is 0.144. The van der Waals surface area contributed by atoms with E-state index < -0.39 is 79.8 Å². The molecule has 0 radical (unpaired) electrons. The zero-order chi connectivity index (χ0) is 41.5. The van der Waals surface area contributed by atoms with Crippen molar-refractivity contribution in [1.82, 2.24) is 0 Å². The molecule has 0 heterocycles. The molecule has 0 fully saturated rings. The van der Waals surface area contributed by atoms with E-state index in [-0.39, 0.29) is 27.2 Å². The first kappa shape index (κ1) is 45.1. The van der Waals surface area contributed by atoms with Crippen LogP contribution in [0.3, 0.4) is 0 Å². The van der Waals surface area contributed by atoms with Gasteiger partial charge < -0.3 is 0 Å². The molecule has 2 atom stereocenters. The zero-order valence-electron chi connectivity index (χ0n) is 33.4. The van der Waals surface area contributed by atoms with Crippen LogP contribution in [0.5, 0.6) is 11.5 Å². The number of carbonyl (C=O) groups is 4. The second kappa shape index (κ2) is 19.0. The summed E-state index contributed by atoms with van der Waals surface area (Å²) in [5, 5.41) is 5.80. The van der Waals surface area contributed by atoms with Gasteiger partial charge >= 0.3 is 331 Å². The Balaban J connectivity index is 2.18. The van der Waals surface area contributed by atoms with E-state index in [4.69, 9.17) is 15.6 Å². The molecule has 0 unspecified atom stereocenters. The molecule has 302 valence electrons. The molecule has 0 aliphatic heterocycles. The van der Waals surface area contributed by atoms with Crippen molar-refractivity contribution in [3.05, 3.63) is 79.9 Å². The SMILES string of the molecule is CC(=O)OI(OC(C)=O)c1c(O[C@H](C)C(=O)Nc2c(C(C)C)cccc2C(C)C)cc(C(F)(F)F)cc1O[C@H](C)C(=O)Nc1c(C(C)C)cccc1C(C)C. The first-order valence-corrected chi connectivity index (χ1v) is 20.9. The number of hydrogen-bond acceptors (Lipinski definition) is 8. The molecule has 2 amide bonds. The van der Waals surface area contributed by atoms with Crippen molar-refractivity contribution < 1.29 is 48.0 Å². The first-order chi connectivity index (χ1) is 25.5. The third-order valence-electron chi connectivity index (χ3n) is 8.43. The van der Waals surface area contributed by atoms with Gasteiger partial charge in [0.25, 0.3) is 0 Å². The molecule has 0 saturated heterocycles. The summed E-state index contributed by atoms with van der Waals surface area (Å²) in [4.78, 5) is 52.1. The standard InChI is InChI=1S/C41H52F3IN2O8/c1-21(2)30-15-13-16-31(22(3)4)37(30)46-39(50)25(9)52-34-19-29(41(42,43)44)20-35(36(34)45(54-27(11)48)55-28(12)49)53-26(10)40(51)47-38-32(23(5)6)17-14-18-33(38)24(7)8/h13-26H,1-12H3,(H,46,50)(H,47,51)/t25-,26-/m1/s1. The summed E-state index contributed by atoms with van der Waals surface area (Å²) in [6.07, 6.45) is -7.81. The van der Waals surface area contributed by atoms with Gasteiger partial charge in [0.15, 0.2) is 0 Å². The van der Waals surface area contributed by atoms with E-state index >= 15 is 0 Å². The molecule has 0 aliphatic rings. The zero-order valence-corrected chi connectivity index (χ0v) is 35.5. The van der Waals surface area contributed by atoms with Gasteiger partial charge in [-0.05, 0) is 0 Å². The van der Waals surface area contributed by atoms with Gasteiger partial charge in [-0.15, -0.1) is 0 Å². The fourth-order valence-electron chi connectivity index (χ4n) is 5.68. The summed E-state index contributed by atoms with van der Waals surface area (Å²) in [5.74, 6) is -4.19. The first-order valence-electron chi connectivity index (χ1n) is 18.1. The van der Waals surface area contributed by atoms with Crippen LogP contribution in [0, 0.1) is 3.57 Å². The van der Waals surface area contributed by atoms with Crippen LogP contribution in [0.25, 0.3) is 0 Å². The molecular formula is C41H52F3IN2O8. The van der Waals surface area contributed by atoms with E-state index in [1.54, 1.807) is 0 Å². The number of hydrogen-bond donors (Lipinski definition) is 2. The van der Waals surface area contributed by atoms with E-state index in [1.807, 2.05) is 91.8 Å². The molecule has 0 bridgehead atoms. The number of benzene rings is 3. The minimum atomic E-state index is -4.96. The number of carbonyl (C=O) groups excluding carboxylic acids is 4. The minimum absolute atomic E-state index is 0.0231. The van der Waals surface area contributed by atoms with Crippen LogP contribution in [0.4, 0.5) is 24.5 Å². The third kappa shape index (κ3) is 11.8. The van der Waals surface area contributed by atoms with Crippen molar-refractivity contribution >= 4 is 55.8 Å². The van der Waals surface area contributed by atoms with E-state index in [2.05, 4.69) is 10.6 Å². The number of ether oxygens (including phenoxy) is 2. The Bertz CT molecular complexity index is 1700. The summed E-state index contributed by atoms with van der Waals surface area (Å²) >= 11 is -4.08. The van der Waals surface area contributed by atoms with E-state index in [0.29, 0.717) is 23.5 Å². The normalized spacial score (nSPS) is 13.0. The van der Waals surface area contributed by atoms with Crippen molar-refractivity contribution in [2.75, 3.05) is 10.6 Å². The van der Waals surface area contributed by atoms with Gasteiger partial charge in [0, 0.05) is 0 Å². The molecule has 55 heavy (non-hydrogen) atoms. The fourth-order valence-corrected chi connectivity index (χ4v) is 8.77. The molecule has 14 heteroatoms. The Labute approximate surface area is 329 Å². The molecular weight excluding hydrogens is 832 g/mol. The summed E-state index contributed by atoms with van der Waals surface area (Å²) in [5.41, 5.74) is 3.28. The summed E-state index contributed by atoms with van der Waals surface area (Å²) < 4.78 is 66.1. The summed E-state index contributed by atoms with van der Waals surface area (Å²) in [6, 6.07) is 12.5. The van der Waals surface area contributed by atoms with Crippen molar-refractivity contribution in [2.24, 2.45) is 0 Å². The Morgan fingerprint density at radius 1 is 0.582 bits per heavy atom. The molecule has 0 aliphatic carbocycles. The predicted molar refractivity (Wildman–Crippen MR) is 214 cm³/mol. The molecule has 3 aromatic rings. The van der Waals surface area contributed by atoms with Crippen molar-refractivity contribution in [2.45, 2.75) is 125 Å². The monoisotopic (exact) mass is 884 g/mol. The molecule has 2 N–H and O–H groups in total. The topological polar surface area (TPSA) is 129 Å². The number of halogens is 4. The number of amides is 2. The van der Waals surface area contributed by atoms with Gasteiger partial charge in [-0.1, -0.05) is 0 Å². The van der Waals surface area contributed by atoms with Crippen LogP contribution in [0.2, 0.25) is 0 Å². The molecule has 0 saturated carbocycles. The van der Waals surface area contributed by atoms with Gasteiger partial charge in [-0.2, -0.15) is 0 Å². The number of para-hydroxylation sites is 2. The van der Waals surface area contributed by atoms with Gasteiger partial charge in [0.05, 0.1) is 0 Å². The Kier molecular flexibility index (Phi) is 15.6. The number of nitrogens with one attached hydrogen (secondary N) is 2. The molecule has 0 aromatic heterocycles. The molecule has 3 rings (SSSR count).